The van der Waals surface area contributed by atoms with E-state index in [1.54, 1.807) is 6.26 Å². The molecule has 0 amide bonds. The highest BCUT2D eigenvalue weighted by atomic mass is 127. The van der Waals surface area contributed by atoms with Gasteiger partial charge in [-0.05, 0) is 31.2 Å². The van der Waals surface area contributed by atoms with Crippen molar-refractivity contribution >= 4 is 40.9 Å². The number of hydrogen-bond acceptors (Lipinski definition) is 3. The summed E-state index contributed by atoms with van der Waals surface area (Å²) in [5.74, 6) is 2.60. The molecule has 0 aliphatic carbocycles. The largest absolute Gasteiger partial charge is 0.469 e. The number of aliphatic imine (C=N–C) groups is 1. The molecule has 0 aliphatic rings. The third kappa shape index (κ3) is 5.02. The van der Waals surface area contributed by atoms with Crippen molar-refractivity contribution < 1.29 is 8.83 Å². The zero-order valence-electron chi connectivity index (χ0n) is 13.6. The molecule has 5 nitrogen and oxygen atoms in total. The Morgan fingerprint density at radius 3 is 2.71 bits per heavy atom. The monoisotopic (exact) mass is 439 g/mol. The van der Waals surface area contributed by atoms with Gasteiger partial charge in [0, 0.05) is 24.9 Å². The fraction of sp³-hybridized carbons (Fsp3) is 0.278. The summed E-state index contributed by atoms with van der Waals surface area (Å²) < 4.78 is 11.1. The van der Waals surface area contributed by atoms with E-state index >= 15 is 0 Å². The van der Waals surface area contributed by atoms with E-state index in [1.165, 1.54) is 0 Å². The van der Waals surface area contributed by atoms with Crippen molar-refractivity contribution in [3.05, 3.63) is 60.2 Å². The van der Waals surface area contributed by atoms with Gasteiger partial charge in [0.05, 0.1) is 6.26 Å². The highest BCUT2D eigenvalue weighted by molar-refractivity contribution is 14.0. The smallest absolute Gasteiger partial charge is 0.191 e. The lowest BCUT2D eigenvalue weighted by Gasteiger charge is -2.10. The van der Waals surface area contributed by atoms with Gasteiger partial charge in [-0.3, -0.25) is 0 Å². The Balaban J connectivity index is 0.00000208. The molecule has 1 aromatic carbocycles. The topological polar surface area (TPSA) is 62.7 Å². The number of fused-ring (bicyclic) bond motifs is 1. The third-order valence-corrected chi connectivity index (χ3v) is 3.46. The predicted molar refractivity (Wildman–Crippen MR) is 107 cm³/mol. The van der Waals surface area contributed by atoms with Gasteiger partial charge in [-0.1, -0.05) is 18.2 Å². The lowest BCUT2D eigenvalue weighted by molar-refractivity contribution is 0.506. The van der Waals surface area contributed by atoms with Gasteiger partial charge in [0.15, 0.2) is 5.96 Å². The molecular formula is C18H22IN3O2. The molecule has 6 heteroatoms. The Labute approximate surface area is 158 Å². The predicted octanol–water partition coefficient (Wildman–Crippen LogP) is 3.94. The van der Waals surface area contributed by atoms with Gasteiger partial charge >= 0.3 is 0 Å². The van der Waals surface area contributed by atoms with E-state index in [0.717, 1.165) is 48.0 Å². The second kappa shape index (κ2) is 9.36. The first-order chi connectivity index (χ1) is 11.3. The lowest BCUT2D eigenvalue weighted by Crippen LogP contribution is -2.38. The number of para-hydroxylation sites is 1. The molecule has 0 saturated carbocycles. The van der Waals surface area contributed by atoms with Crippen LogP contribution in [-0.2, 0) is 13.0 Å². The molecule has 0 saturated heterocycles. The van der Waals surface area contributed by atoms with Gasteiger partial charge in [-0.2, -0.15) is 0 Å². The molecule has 3 aromatic rings. The summed E-state index contributed by atoms with van der Waals surface area (Å²) in [6.45, 7) is 4.13. The maximum Gasteiger partial charge on any atom is 0.191 e. The van der Waals surface area contributed by atoms with E-state index in [9.17, 15) is 0 Å². The lowest BCUT2D eigenvalue weighted by atomic mass is 10.2. The molecule has 0 fully saturated rings. The quantitative estimate of drug-likeness (QED) is 0.347. The summed E-state index contributed by atoms with van der Waals surface area (Å²) in [4.78, 5) is 4.57. The first-order valence-corrected chi connectivity index (χ1v) is 7.87. The number of hydrogen-bond donors (Lipinski definition) is 2. The Kier molecular flexibility index (Phi) is 7.17. The summed E-state index contributed by atoms with van der Waals surface area (Å²) in [5, 5.41) is 7.64. The third-order valence-electron chi connectivity index (χ3n) is 3.46. The van der Waals surface area contributed by atoms with Crippen LogP contribution in [-0.4, -0.2) is 19.0 Å². The fourth-order valence-electron chi connectivity index (χ4n) is 2.37. The van der Waals surface area contributed by atoms with Crippen LogP contribution in [0.5, 0.6) is 0 Å². The Morgan fingerprint density at radius 2 is 1.96 bits per heavy atom. The second-order valence-corrected chi connectivity index (χ2v) is 5.20. The molecule has 24 heavy (non-hydrogen) atoms. The molecule has 2 aromatic heterocycles. The molecule has 0 atom stereocenters. The van der Waals surface area contributed by atoms with Crippen molar-refractivity contribution in [1.29, 1.82) is 0 Å². The molecule has 0 radical (unpaired) electrons. The van der Waals surface area contributed by atoms with Gasteiger partial charge in [-0.15, -0.1) is 24.0 Å². The zero-order chi connectivity index (χ0) is 15.9. The number of nitrogens with one attached hydrogen (secondary N) is 2. The van der Waals surface area contributed by atoms with Crippen LogP contribution in [0.25, 0.3) is 11.0 Å². The summed E-state index contributed by atoms with van der Waals surface area (Å²) in [6, 6.07) is 13.9. The van der Waals surface area contributed by atoms with E-state index in [2.05, 4.69) is 15.6 Å². The van der Waals surface area contributed by atoms with Gasteiger partial charge in [0.1, 0.15) is 23.6 Å². The Bertz CT molecular complexity index is 733. The van der Waals surface area contributed by atoms with Crippen LogP contribution in [0.2, 0.25) is 0 Å². The number of nitrogens with zero attached hydrogens (tertiary/aromatic N) is 1. The Morgan fingerprint density at radius 1 is 1.08 bits per heavy atom. The average Bonchev–Trinajstić information content (AvgIpc) is 3.21. The van der Waals surface area contributed by atoms with Crippen molar-refractivity contribution in [2.24, 2.45) is 4.99 Å². The first kappa shape index (κ1) is 18.4. The van der Waals surface area contributed by atoms with Gasteiger partial charge in [0.2, 0.25) is 0 Å². The summed E-state index contributed by atoms with van der Waals surface area (Å²) in [7, 11) is 0. The maximum atomic E-state index is 5.78. The van der Waals surface area contributed by atoms with E-state index in [1.807, 2.05) is 49.4 Å². The van der Waals surface area contributed by atoms with E-state index in [-0.39, 0.29) is 24.0 Å². The molecule has 128 valence electrons. The molecule has 0 aliphatic heterocycles. The van der Waals surface area contributed by atoms with Crippen molar-refractivity contribution in [1.82, 2.24) is 10.6 Å². The summed E-state index contributed by atoms with van der Waals surface area (Å²) in [5.41, 5.74) is 0.897. The highest BCUT2D eigenvalue weighted by Crippen LogP contribution is 2.19. The van der Waals surface area contributed by atoms with Crippen LogP contribution in [0.4, 0.5) is 0 Å². The average molecular weight is 439 g/mol. The summed E-state index contributed by atoms with van der Waals surface area (Å²) >= 11 is 0. The molecule has 0 spiro atoms. The van der Waals surface area contributed by atoms with Crippen molar-refractivity contribution in [2.75, 3.05) is 13.1 Å². The van der Waals surface area contributed by atoms with E-state index < -0.39 is 0 Å². The highest BCUT2D eigenvalue weighted by Gasteiger charge is 2.03. The minimum atomic E-state index is 0. The van der Waals surface area contributed by atoms with Crippen LogP contribution in [0.15, 0.2) is 62.6 Å². The maximum absolute atomic E-state index is 5.78. The van der Waals surface area contributed by atoms with Crippen molar-refractivity contribution in [2.45, 2.75) is 19.9 Å². The minimum Gasteiger partial charge on any atom is -0.469 e. The molecule has 2 N–H and O–H groups in total. The first-order valence-electron chi connectivity index (χ1n) is 7.87. The van der Waals surface area contributed by atoms with Crippen molar-refractivity contribution in [3.8, 4) is 0 Å². The molecular weight excluding hydrogens is 417 g/mol. The number of rotatable bonds is 6. The number of guanidine groups is 1. The summed E-state index contributed by atoms with van der Waals surface area (Å²) in [6.07, 6.45) is 2.51. The zero-order valence-corrected chi connectivity index (χ0v) is 15.9. The van der Waals surface area contributed by atoms with E-state index in [0.29, 0.717) is 6.54 Å². The standard InChI is InChI=1S/C18H21N3O2.HI/c1-2-19-18(20-10-9-15-7-5-11-22-15)21-13-16-12-14-6-3-4-8-17(14)23-16;/h3-8,11-12H,2,9-10,13H2,1H3,(H2,19,20,21);1H. The number of halogens is 1. The molecule has 0 unspecified atom stereocenters. The van der Waals surface area contributed by atoms with Crippen LogP contribution in [0, 0.1) is 0 Å². The normalized spacial score (nSPS) is 11.3. The van der Waals surface area contributed by atoms with Gasteiger partial charge < -0.3 is 19.5 Å². The van der Waals surface area contributed by atoms with Gasteiger partial charge in [0.25, 0.3) is 0 Å². The fourth-order valence-corrected chi connectivity index (χ4v) is 2.37. The van der Waals surface area contributed by atoms with Gasteiger partial charge in [-0.25, -0.2) is 4.99 Å². The van der Waals surface area contributed by atoms with Crippen LogP contribution >= 0.6 is 24.0 Å². The number of benzene rings is 1. The molecule has 2 heterocycles. The van der Waals surface area contributed by atoms with Crippen molar-refractivity contribution in [3.63, 3.8) is 0 Å². The Hall–Kier alpha value is -1.96. The van der Waals surface area contributed by atoms with E-state index in [4.69, 9.17) is 8.83 Å². The van der Waals surface area contributed by atoms with Crippen LogP contribution < -0.4 is 10.6 Å². The molecule has 3 rings (SSSR count). The minimum absolute atomic E-state index is 0. The van der Waals surface area contributed by atoms with Crippen LogP contribution in [0.3, 0.4) is 0 Å². The number of furan rings is 2. The molecule has 0 bridgehead atoms. The SMILES string of the molecule is CCNC(=NCc1cc2ccccc2o1)NCCc1ccco1.I. The van der Waals surface area contributed by atoms with Crippen LogP contribution in [0.1, 0.15) is 18.4 Å². The second-order valence-electron chi connectivity index (χ2n) is 5.20.